The Morgan fingerprint density at radius 3 is 2.36 bits per heavy atom. The molecule has 0 atom stereocenters. The molecule has 0 amide bonds. The molecule has 210 valence electrons. The van der Waals surface area contributed by atoms with Crippen molar-refractivity contribution >= 4 is 15.7 Å². The predicted molar refractivity (Wildman–Crippen MR) is 144 cm³/mol. The molecule has 0 aliphatic carbocycles. The van der Waals surface area contributed by atoms with Gasteiger partial charge >= 0.3 is 6.18 Å². The van der Waals surface area contributed by atoms with E-state index in [1.165, 1.54) is 18.4 Å². The van der Waals surface area contributed by atoms with Gasteiger partial charge in [0.25, 0.3) is 0 Å². The highest BCUT2D eigenvalue weighted by atomic mass is 32.2. The van der Waals surface area contributed by atoms with Gasteiger partial charge in [0.15, 0.2) is 11.5 Å². The number of anilines is 1. The maximum Gasteiger partial charge on any atom is 0.416 e. The smallest absolute Gasteiger partial charge is 0.416 e. The van der Waals surface area contributed by atoms with Crippen LogP contribution in [-0.2, 0) is 22.7 Å². The Kier molecular flexibility index (Phi) is 9.04. The van der Waals surface area contributed by atoms with Crippen molar-refractivity contribution in [3.05, 3.63) is 83.4 Å². The molecule has 7 nitrogen and oxygen atoms in total. The Hall–Kier alpha value is -3.28. The molecule has 3 aromatic rings. The zero-order chi connectivity index (χ0) is 28.0. The van der Waals surface area contributed by atoms with Crippen molar-refractivity contribution in [3.63, 3.8) is 0 Å². The monoisotopic (exact) mass is 563 g/mol. The molecular weight excluding hydrogens is 531 g/mol. The van der Waals surface area contributed by atoms with Gasteiger partial charge in [0.05, 0.1) is 17.6 Å². The first-order valence-corrected chi connectivity index (χ1v) is 14.0. The molecule has 0 saturated carbocycles. The molecule has 0 spiro atoms. The van der Waals surface area contributed by atoms with Crippen LogP contribution in [0, 0.1) is 6.92 Å². The summed E-state index contributed by atoms with van der Waals surface area (Å²) >= 11 is 0. The van der Waals surface area contributed by atoms with Crippen molar-refractivity contribution < 1.29 is 31.1 Å². The summed E-state index contributed by atoms with van der Waals surface area (Å²) < 4.78 is 77.3. The van der Waals surface area contributed by atoms with E-state index in [4.69, 9.17) is 9.47 Å². The van der Waals surface area contributed by atoms with Gasteiger partial charge in [-0.3, -0.25) is 4.90 Å². The minimum absolute atomic E-state index is 0.0346. The topological polar surface area (TPSA) is 71.1 Å². The van der Waals surface area contributed by atoms with E-state index in [0.29, 0.717) is 17.6 Å². The molecule has 1 aliphatic heterocycles. The van der Waals surface area contributed by atoms with Gasteiger partial charge in [-0.05, 0) is 54.4 Å². The molecule has 3 aromatic carbocycles. The van der Waals surface area contributed by atoms with Crippen molar-refractivity contribution in [1.29, 1.82) is 0 Å². The normalized spacial score (nSPS) is 14.8. The lowest BCUT2D eigenvalue weighted by Crippen LogP contribution is -2.46. The second kappa shape index (κ2) is 12.3. The fourth-order valence-corrected chi connectivity index (χ4v) is 5.57. The predicted octanol–water partition coefficient (Wildman–Crippen LogP) is 4.70. The first-order chi connectivity index (χ1) is 18.6. The summed E-state index contributed by atoms with van der Waals surface area (Å²) in [6.45, 7) is 6.36. The number of rotatable bonds is 10. The molecule has 1 aliphatic rings. The van der Waals surface area contributed by atoms with E-state index in [1.54, 1.807) is 6.07 Å². The summed E-state index contributed by atoms with van der Waals surface area (Å²) in [5, 5.41) is 0. The van der Waals surface area contributed by atoms with Crippen LogP contribution in [0.1, 0.15) is 16.7 Å². The average Bonchev–Trinajstić information content (AvgIpc) is 2.92. The van der Waals surface area contributed by atoms with Crippen LogP contribution in [0.2, 0.25) is 0 Å². The van der Waals surface area contributed by atoms with Crippen LogP contribution in [0.25, 0.3) is 0 Å². The Morgan fingerprint density at radius 2 is 1.67 bits per heavy atom. The quantitative estimate of drug-likeness (QED) is 0.361. The standard InChI is InChI=1S/C28H32F3N3O4S/c1-21-6-3-4-9-25(21)34-15-13-33(14-16-34)20-22-10-11-26(37-2)27(18-22)38-17-12-32-39(35,36)24-8-5-7-23(19-24)28(29,30)31/h3-11,18-19,32H,12-17,20H2,1-2H3. The lowest BCUT2D eigenvalue weighted by atomic mass is 10.1. The van der Waals surface area contributed by atoms with E-state index in [1.807, 2.05) is 18.2 Å². The van der Waals surface area contributed by atoms with Crippen LogP contribution in [0.3, 0.4) is 0 Å². The molecular formula is C28H32F3N3O4S. The zero-order valence-corrected chi connectivity index (χ0v) is 22.7. The van der Waals surface area contributed by atoms with Gasteiger partial charge in [-0.1, -0.05) is 30.3 Å². The summed E-state index contributed by atoms with van der Waals surface area (Å²) in [5.74, 6) is 0.968. The number of methoxy groups -OCH3 is 1. The van der Waals surface area contributed by atoms with Crippen molar-refractivity contribution in [2.24, 2.45) is 0 Å². The van der Waals surface area contributed by atoms with Crippen LogP contribution in [0.5, 0.6) is 11.5 Å². The molecule has 0 unspecified atom stereocenters. The Bertz CT molecular complexity index is 1370. The molecule has 0 bridgehead atoms. The van der Waals surface area contributed by atoms with E-state index >= 15 is 0 Å². The van der Waals surface area contributed by atoms with Crippen LogP contribution < -0.4 is 19.1 Å². The molecule has 1 N–H and O–H groups in total. The number of sulfonamides is 1. The fraction of sp³-hybridized carbons (Fsp3) is 0.357. The molecule has 4 rings (SSSR count). The lowest BCUT2D eigenvalue weighted by Gasteiger charge is -2.36. The maximum absolute atomic E-state index is 13.0. The summed E-state index contributed by atoms with van der Waals surface area (Å²) in [5.41, 5.74) is 2.53. The number of aryl methyl sites for hydroxylation is 1. The van der Waals surface area contributed by atoms with Gasteiger partial charge in [0.2, 0.25) is 10.0 Å². The maximum atomic E-state index is 13.0. The molecule has 1 fully saturated rings. The molecule has 1 heterocycles. The summed E-state index contributed by atoms with van der Waals surface area (Å²) in [4.78, 5) is 4.30. The highest BCUT2D eigenvalue weighted by Gasteiger charge is 2.31. The van der Waals surface area contributed by atoms with Crippen molar-refractivity contribution in [1.82, 2.24) is 9.62 Å². The molecule has 0 radical (unpaired) electrons. The number of ether oxygens (including phenoxy) is 2. The number of hydrogen-bond donors (Lipinski definition) is 1. The van der Waals surface area contributed by atoms with Gasteiger partial charge in [0.1, 0.15) is 6.61 Å². The second-order valence-electron chi connectivity index (χ2n) is 9.31. The molecule has 0 aromatic heterocycles. The number of benzene rings is 3. The van der Waals surface area contributed by atoms with Gasteiger partial charge < -0.3 is 14.4 Å². The van der Waals surface area contributed by atoms with Gasteiger partial charge in [-0.15, -0.1) is 0 Å². The van der Waals surface area contributed by atoms with E-state index in [0.717, 1.165) is 56.5 Å². The van der Waals surface area contributed by atoms with Crippen LogP contribution in [0.15, 0.2) is 71.6 Å². The number of halogens is 3. The minimum atomic E-state index is -4.63. The number of alkyl halides is 3. The highest BCUT2D eigenvalue weighted by molar-refractivity contribution is 7.89. The molecule has 1 saturated heterocycles. The van der Waals surface area contributed by atoms with E-state index in [9.17, 15) is 21.6 Å². The summed E-state index contributed by atoms with van der Waals surface area (Å²) in [6, 6.07) is 17.6. The van der Waals surface area contributed by atoms with E-state index in [2.05, 4.69) is 39.6 Å². The number of hydrogen-bond acceptors (Lipinski definition) is 6. The van der Waals surface area contributed by atoms with E-state index < -0.39 is 26.7 Å². The highest BCUT2D eigenvalue weighted by Crippen LogP contribution is 2.31. The second-order valence-corrected chi connectivity index (χ2v) is 11.1. The average molecular weight is 564 g/mol. The fourth-order valence-electron chi connectivity index (χ4n) is 4.52. The Balaban J connectivity index is 1.31. The van der Waals surface area contributed by atoms with Gasteiger partial charge in [0, 0.05) is 45.0 Å². The summed E-state index contributed by atoms with van der Waals surface area (Å²) in [7, 11) is -2.62. The van der Waals surface area contributed by atoms with Crippen molar-refractivity contribution in [3.8, 4) is 11.5 Å². The Morgan fingerprint density at radius 1 is 0.923 bits per heavy atom. The first-order valence-electron chi connectivity index (χ1n) is 12.6. The molecule has 11 heteroatoms. The number of para-hydroxylation sites is 1. The Labute approximate surface area is 227 Å². The van der Waals surface area contributed by atoms with Crippen LogP contribution >= 0.6 is 0 Å². The third-order valence-corrected chi connectivity index (χ3v) is 8.04. The van der Waals surface area contributed by atoms with Crippen molar-refractivity contribution in [2.45, 2.75) is 24.5 Å². The van der Waals surface area contributed by atoms with Crippen LogP contribution in [-0.4, -0.2) is 59.8 Å². The van der Waals surface area contributed by atoms with Crippen molar-refractivity contribution in [2.75, 3.05) is 51.3 Å². The molecule has 39 heavy (non-hydrogen) atoms. The summed E-state index contributed by atoms with van der Waals surface area (Å²) in [6.07, 6.45) is -4.63. The SMILES string of the molecule is COc1ccc(CN2CCN(c3ccccc3C)CC2)cc1OCCNS(=O)(=O)c1cccc(C(F)(F)F)c1. The number of nitrogens with one attached hydrogen (secondary N) is 1. The number of nitrogens with zero attached hydrogens (tertiary/aromatic N) is 2. The van der Waals surface area contributed by atoms with Crippen LogP contribution in [0.4, 0.5) is 18.9 Å². The largest absolute Gasteiger partial charge is 0.493 e. The van der Waals surface area contributed by atoms with E-state index in [-0.39, 0.29) is 13.2 Å². The lowest BCUT2D eigenvalue weighted by molar-refractivity contribution is -0.137. The zero-order valence-electron chi connectivity index (χ0n) is 21.9. The minimum Gasteiger partial charge on any atom is -0.493 e. The first kappa shape index (κ1) is 28.7. The van der Waals surface area contributed by atoms with Gasteiger partial charge in [-0.25, -0.2) is 13.1 Å². The number of piperazine rings is 1. The third-order valence-electron chi connectivity index (χ3n) is 6.59. The third kappa shape index (κ3) is 7.43. The van der Waals surface area contributed by atoms with Gasteiger partial charge in [-0.2, -0.15) is 13.2 Å².